The van der Waals surface area contributed by atoms with Gasteiger partial charge in [-0.1, -0.05) is 17.7 Å². The molecule has 4 heteroatoms. The minimum atomic E-state index is -0.923. The highest BCUT2D eigenvalue weighted by Crippen LogP contribution is 2.22. The van der Waals surface area contributed by atoms with E-state index in [1.165, 1.54) is 0 Å². The molecule has 0 fully saturated rings. The molecule has 0 amide bonds. The van der Waals surface area contributed by atoms with Crippen molar-refractivity contribution in [3.05, 3.63) is 47.4 Å². The first kappa shape index (κ1) is 12.2. The zero-order valence-electron chi connectivity index (χ0n) is 10.3. The lowest BCUT2D eigenvalue weighted by Gasteiger charge is -2.07. The van der Waals surface area contributed by atoms with Crippen LogP contribution >= 0.6 is 0 Å². The highest BCUT2D eigenvalue weighted by atomic mass is 16.4. The lowest BCUT2D eigenvalue weighted by molar-refractivity contribution is -0.136. The molecule has 0 bridgehead atoms. The molecule has 0 radical (unpaired) electrons. The zero-order valence-corrected chi connectivity index (χ0v) is 10.3. The van der Waals surface area contributed by atoms with Crippen LogP contribution in [0.4, 0.5) is 0 Å². The highest BCUT2D eigenvalue weighted by molar-refractivity contribution is 5.69. The van der Waals surface area contributed by atoms with E-state index in [4.69, 9.17) is 5.11 Å². The molecule has 0 aliphatic carbocycles. The van der Waals surface area contributed by atoms with Crippen LogP contribution in [0.25, 0.3) is 11.3 Å². The van der Waals surface area contributed by atoms with Gasteiger partial charge in [0.15, 0.2) is 0 Å². The summed E-state index contributed by atoms with van der Waals surface area (Å²) in [7, 11) is 0. The maximum absolute atomic E-state index is 10.7. The molecule has 1 aromatic heterocycles. The monoisotopic (exact) mass is 242 g/mol. The van der Waals surface area contributed by atoms with Gasteiger partial charge in [-0.25, -0.2) is 9.97 Å². The van der Waals surface area contributed by atoms with Gasteiger partial charge in [-0.05, 0) is 31.5 Å². The van der Waals surface area contributed by atoms with Crippen molar-refractivity contribution in [3.8, 4) is 11.3 Å². The molecule has 0 unspecified atom stereocenters. The van der Waals surface area contributed by atoms with Crippen molar-refractivity contribution in [2.45, 2.75) is 20.3 Å². The molecule has 2 aromatic rings. The van der Waals surface area contributed by atoms with Crippen LogP contribution in [0.15, 0.2) is 30.5 Å². The van der Waals surface area contributed by atoms with Crippen molar-refractivity contribution in [1.29, 1.82) is 0 Å². The molecule has 18 heavy (non-hydrogen) atoms. The Balaban J connectivity index is 2.44. The van der Waals surface area contributed by atoms with Gasteiger partial charge in [0.1, 0.15) is 12.2 Å². The number of aromatic nitrogens is 2. The Morgan fingerprint density at radius 3 is 2.78 bits per heavy atom. The topological polar surface area (TPSA) is 63.1 Å². The summed E-state index contributed by atoms with van der Waals surface area (Å²) in [6, 6.07) is 7.91. The summed E-state index contributed by atoms with van der Waals surface area (Å²) in [5.41, 5.74) is 4.04. The number of carbonyl (C=O) groups is 1. The van der Waals surface area contributed by atoms with Crippen LogP contribution in [0, 0.1) is 13.8 Å². The van der Waals surface area contributed by atoms with E-state index < -0.39 is 5.97 Å². The van der Waals surface area contributed by atoms with Crippen molar-refractivity contribution in [3.63, 3.8) is 0 Å². The third-order valence-corrected chi connectivity index (χ3v) is 2.68. The molecule has 1 heterocycles. The first-order valence-corrected chi connectivity index (χ1v) is 5.67. The van der Waals surface area contributed by atoms with Crippen LogP contribution in [-0.2, 0) is 11.2 Å². The quantitative estimate of drug-likeness (QED) is 0.897. The summed E-state index contributed by atoms with van der Waals surface area (Å²) < 4.78 is 0. The van der Waals surface area contributed by atoms with Gasteiger partial charge in [-0.3, -0.25) is 4.79 Å². The summed E-state index contributed by atoms with van der Waals surface area (Å²) in [6.45, 7) is 4.02. The second-order valence-electron chi connectivity index (χ2n) is 4.25. The van der Waals surface area contributed by atoms with Crippen LogP contribution < -0.4 is 0 Å². The number of rotatable bonds is 3. The van der Waals surface area contributed by atoms with Gasteiger partial charge in [0.05, 0.1) is 5.69 Å². The molecule has 0 atom stereocenters. The number of aliphatic carboxylic acids is 1. The summed E-state index contributed by atoms with van der Waals surface area (Å²) in [4.78, 5) is 18.9. The van der Waals surface area contributed by atoms with Gasteiger partial charge in [0.25, 0.3) is 0 Å². The first-order chi connectivity index (χ1) is 8.56. The van der Waals surface area contributed by atoms with Crippen molar-refractivity contribution in [2.75, 3.05) is 0 Å². The molecule has 0 saturated heterocycles. The van der Waals surface area contributed by atoms with E-state index in [1.54, 1.807) is 12.3 Å². The van der Waals surface area contributed by atoms with E-state index in [-0.39, 0.29) is 6.42 Å². The highest BCUT2D eigenvalue weighted by Gasteiger charge is 2.08. The van der Waals surface area contributed by atoms with Gasteiger partial charge in [0.2, 0.25) is 0 Å². The molecule has 1 aromatic carbocycles. The number of nitrogens with zero attached hydrogens (tertiary/aromatic N) is 2. The molecular formula is C14H14N2O2. The maximum atomic E-state index is 10.7. The molecule has 1 N–H and O–H groups in total. The van der Waals surface area contributed by atoms with Crippen LogP contribution in [0.5, 0.6) is 0 Å². The van der Waals surface area contributed by atoms with Crippen molar-refractivity contribution in [2.24, 2.45) is 0 Å². The molecule has 0 saturated carbocycles. The van der Waals surface area contributed by atoms with E-state index in [0.29, 0.717) is 5.82 Å². The number of benzene rings is 1. The molecule has 0 aliphatic heterocycles. The summed E-state index contributed by atoms with van der Waals surface area (Å²) in [6.07, 6.45) is 1.45. The Hall–Kier alpha value is -2.23. The third-order valence-electron chi connectivity index (χ3n) is 2.68. The van der Waals surface area contributed by atoms with E-state index >= 15 is 0 Å². The van der Waals surface area contributed by atoms with Gasteiger partial charge >= 0.3 is 5.97 Å². The third kappa shape index (κ3) is 2.71. The second-order valence-corrected chi connectivity index (χ2v) is 4.25. The molecule has 2 rings (SSSR count). The van der Waals surface area contributed by atoms with Crippen molar-refractivity contribution < 1.29 is 9.90 Å². The lowest BCUT2D eigenvalue weighted by Crippen LogP contribution is -2.05. The van der Waals surface area contributed by atoms with Crippen LogP contribution in [0.3, 0.4) is 0 Å². The van der Waals surface area contributed by atoms with Crippen molar-refractivity contribution in [1.82, 2.24) is 9.97 Å². The minimum absolute atomic E-state index is 0.154. The average molecular weight is 242 g/mol. The largest absolute Gasteiger partial charge is 0.481 e. The summed E-state index contributed by atoms with van der Waals surface area (Å²) in [5.74, 6) is -0.589. The first-order valence-electron chi connectivity index (χ1n) is 5.67. The molecule has 0 aliphatic rings. The maximum Gasteiger partial charge on any atom is 0.311 e. The van der Waals surface area contributed by atoms with Gasteiger partial charge < -0.3 is 5.11 Å². The molecule has 4 nitrogen and oxygen atoms in total. The van der Waals surface area contributed by atoms with Gasteiger partial charge in [-0.2, -0.15) is 0 Å². The fourth-order valence-corrected chi connectivity index (χ4v) is 1.78. The van der Waals surface area contributed by atoms with Crippen LogP contribution in [-0.4, -0.2) is 21.0 Å². The van der Waals surface area contributed by atoms with E-state index in [9.17, 15) is 4.79 Å². The molecule has 92 valence electrons. The van der Waals surface area contributed by atoms with E-state index in [1.807, 2.05) is 32.0 Å². The molecular weight excluding hydrogens is 228 g/mol. The summed E-state index contributed by atoms with van der Waals surface area (Å²) >= 11 is 0. The standard InChI is InChI=1S/C14H14N2O2/c1-9-3-4-10(2)11(7-9)12-5-6-15-13(16-12)8-14(17)18/h3-7H,8H2,1-2H3,(H,17,18). The average Bonchev–Trinajstić information content (AvgIpc) is 2.32. The van der Waals surface area contributed by atoms with Crippen LogP contribution in [0.1, 0.15) is 17.0 Å². The SMILES string of the molecule is Cc1ccc(C)c(-c2ccnc(CC(=O)O)n2)c1. The minimum Gasteiger partial charge on any atom is -0.481 e. The summed E-state index contributed by atoms with van der Waals surface area (Å²) in [5, 5.41) is 8.75. The fourth-order valence-electron chi connectivity index (χ4n) is 1.78. The lowest BCUT2D eigenvalue weighted by atomic mass is 10.0. The number of carboxylic acid groups (broad SMARTS) is 1. The zero-order chi connectivity index (χ0) is 13.1. The van der Waals surface area contributed by atoms with Crippen LogP contribution in [0.2, 0.25) is 0 Å². The predicted octanol–water partition coefficient (Wildman–Crippen LogP) is 2.39. The van der Waals surface area contributed by atoms with Gasteiger partial charge in [-0.15, -0.1) is 0 Å². The number of hydrogen-bond donors (Lipinski definition) is 1. The second kappa shape index (κ2) is 4.96. The molecule has 0 spiro atoms. The number of carboxylic acids is 1. The Bertz CT molecular complexity index is 594. The Labute approximate surface area is 105 Å². The van der Waals surface area contributed by atoms with Crippen molar-refractivity contribution >= 4 is 5.97 Å². The van der Waals surface area contributed by atoms with E-state index in [2.05, 4.69) is 9.97 Å². The van der Waals surface area contributed by atoms with Gasteiger partial charge in [0, 0.05) is 11.8 Å². The van der Waals surface area contributed by atoms with E-state index in [0.717, 1.165) is 22.4 Å². The predicted molar refractivity (Wildman–Crippen MR) is 68.3 cm³/mol. The number of aryl methyl sites for hydroxylation is 2. The number of hydrogen-bond acceptors (Lipinski definition) is 3. The Kier molecular flexibility index (Phi) is 3.37. The smallest absolute Gasteiger partial charge is 0.311 e. The Morgan fingerprint density at radius 2 is 2.06 bits per heavy atom. The fraction of sp³-hybridized carbons (Fsp3) is 0.214. The normalized spacial score (nSPS) is 10.3. The Morgan fingerprint density at radius 1 is 1.28 bits per heavy atom.